The fraction of sp³-hybridized carbons (Fsp3) is 0.0833. The van der Waals surface area contributed by atoms with Crippen molar-refractivity contribution in [1.82, 2.24) is 0 Å². The molecule has 26 heavy (non-hydrogen) atoms. The summed E-state index contributed by atoms with van der Waals surface area (Å²) < 4.78 is 0. The Labute approximate surface area is 158 Å². The highest BCUT2D eigenvalue weighted by Gasteiger charge is 2.24. The van der Waals surface area contributed by atoms with Crippen molar-refractivity contribution >= 4 is 75.5 Å². The van der Waals surface area contributed by atoms with Crippen LogP contribution in [0.15, 0.2) is 59.5 Å². The molecule has 0 nitrogen and oxygen atoms in total. The monoisotopic (exact) mass is 368 g/mol. The van der Waals surface area contributed by atoms with Crippen LogP contribution in [0.5, 0.6) is 0 Å². The van der Waals surface area contributed by atoms with Gasteiger partial charge in [-0.3, -0.25) is 0 Å². The molecule has 0 unspecified atom stereocenters. The minimum atomic E-state index is 1.13. The van der Waals surface area contributed by atoms with Crippen LogP contribution in [0.3, 0.4) is 0 Å². The second-order valence-electron chi connectivity index (χ2n) is 7.50. The molecule has 0 amide bonds. The van der Waals surface area contributed by atoms with Crippen LogP contribution >= 0.6 is 21.7 Å². The van der Waals surface area contributed by atoms with Crippen molar-refractivity contribution < 1.29 is 0 Å². The van der Waals surface area contributed by atoms with Gasteiger partial charge in [0.05, 0.1) is 0 Å². The van der Waals surface area contributed by atoms with Crippen molar-refractivity contribution in [3.63, 3.8) is 0 Å². The molecular formula is C24H13ClS. The molecule has 0 atom stereocenters. The zero-order valence-corrected chi connectivity index (χ0v) is 15.5. The van der Waals surface area contributed by atoms with Gasteiger partial charge < -0.3 is 0 Å². The predicted octanol–water partition coefficient (Wildman–Crippen LogP) is 7.67. The molecule has 122 valence electrons. The van der Waals surface area contributed by atoms with E-state index in [-0.39, 0.29) is 0 Å². The third kappa shape index (κ3) is 1.44. The SMILES string of the molecule is ClSc1cc2ccc3ccc4c5c6c(ccc7ccc1c(c76)c2c35)CC4. The molecule has 6 aromatic carbocycles. The first-order valence-corrected chi connectivity index (χ1v) is 10.7. The Morgan fingerprint density at radius 1 is 0.577 bits per heavy atom. The predicted molar refractivity (Wildman–Crippen MR) is 115 cm³/mol. The smallest absolute Gasteiger partial charge is 0.0318 e. The molecule has 0 aromatic heterocycles. The van der Waals surface area contributed by atoms with Crippen molar-refractivity contribution in [1.29, 1.82) is 0 Å². The van der Waals surface area contributed by atoms with Crippen LogP contribution in [-0.2, 0) is 12.8 Å². The van der Waals surface area contributed by atoms with E-state index in [1.165, 1.54) is 76.0 Å². The molecule has 0 bridgehead atoms. The van der Waals surface area contributed by atoms with Gasteiger partial charge in [0.2, 0.25) is 0 Å². The van der Waals surface area contributed by atoms with E-state index in [9.17, 15) is 0 Å². The summed E-state index contributed by atoms with van der Waals surface area (Å²) in [6.07, 6.45) is 2.27. The van der Waals surface area contributed by atoms with Crippen molar-refractivity contribution in [2.75, 3.05) is 0 Å². The van der Waals surface area contributed by atoms with Crippen molar-refractivity contribution in [2.24, 2.45) is 0 Å². The maximum Gasteiger partial charge on any atom is 0.0318 e. The molecule has 0 fully saturated rings. The molecule has 0 N–H and O–H groups in total. The third-order valence-corrected chi connectivity index (χ3v) is 7.38. The van der Waals surface area contributed by atoms with E-state index in [1.807, 2.05) is 0 Å². The lowest BCUT2D eigenvalue weighted by Crippen LogP contribution is -2.03. The second-order valence-corrected chi connectivity index (χ2v) is 8.56. The van der Waals surface area contributed by atoms with E-state index >= 15 is 0 Å². The van der Waals surface area contributed by atoms with Gasteiger partial charge in [-0.2, -0.15) is 0 Å². The van der Waals surface area contributed by atoms with Crippen LogP contribution in [0, 0.1) is 0 Å². The number of rotatable bonds is 1. The minimum Gasteiger partial charge on any atom is -0.0578 e. The summed E-state index contributed by atoms with van der Waals surface area (Å²) in [5.41, 5.74) is 3.00. The lowest BCUT2D eigenvalue weighted by Gasteiger charge is -2.25. The Hall–Kier alpha value is -2.22. The van der Waals surface area contributed by atoms with Crippen molar-refractivity contribution in [3.05, 3.63) is 65.7 Å². The molecule has 0 aliphatic heterocycles. The Morgan fingerprint density at radius 3 is 1.81 bits per heavy atom. The van der Waals surface area contributed by atoms with Gasteiger partial charge >= 0.3 is 0 Å². The average molecular weight is 369 g/mol. The largest absolute Gasteiger partial charge is 0.0578 e. The average Bonchev–Trinajstić information content (AvgIpc) is 2.71. The molecule has 7 rings (SSSR count). The lowest BCUT2D eigenvalue weighted by molar-refractivity contribution is 0.969. The number of benzene rings is 6. The molecule has 2 heteroatoms. The zero-order valence-electron chi connectivity index (χ0n) is 13.9. The van der Waals surface area contributed by atoms with Gasteiger partial charge in [-0.1, -0.05) is 48.5 Å². The van der Waals surface area contributed by atoms with Crippen LogP contribution in [0.2, 0.25) is 0 Å². The highest BCUT2D eigenvalue weighted by Crippen LogP contribution is 2.50. The first kappa shape index (κ1) is 13.9. The summed E-state index contributed by atoms with van der Waals surface area (Å²) >= 11 is 0. The zero-order chi connectivity index (χ0) is 17.0. The van der Waals surface area contributed by atoms with Crippen molar-refractivity contribution in [3.8, 4) is 0 Å². The van der Waals surface area contributed by atoms with Gasteiger partial charge in [0.15, 0.2) is 0 Å². The summed E-state index contributed by atoms with van der Waals surface area (Å²) in [5, 5.41) is 14.0. The first-order valence-electron chi connectivity index (χ1n) is 9.04. The van der Waals surface area contributed by atoms with E-state index in [4.69, 9.17) is 10.7 Å². The van der Waals surface area contributed by atoms with Crippen LogP contribution < -0.4 is 0 Å². The fourth-order valence-electron chi connectivity index (χ4n) is 5.33. The van der Waals surface area contributed by atoms with E-state index < -0.39 is 0 Å². The second kappa shape index (κ2) is 4.54. The quantitative estimate of drug-likeness (QED) is 0.212. The Kier molecular flexibility index (Phi) is 2.43. The van der Waals surface area contributed by atoms with Crippen LogP contribution in [0.4, 0.5) is 0 Å². The number of aryl methyl sites for hydroxylation is 2. The van der Waals surface area contributed by atoms with Gasteiger partial charge in [0.1, 0.15) is 0 Å². The Balaban J connectivity index is 2.01. The molecule has 1 aliphatic carbocycles. The normalized spacial score (nSPS) is 14.2. The lowest BCUT2D eigenvalue weighted by atomic mass is 9.79. The fourth-order valence-corrected chi connectivity index (χ4v) is 6.14. The Bertz CT molecular complexity index is 1510. The summed E-state index contributed by atoms with van der Waals surface area (Å²) in [7, 11) is 7.61. The summed E-state index contributed by atoms with van der Waals surface area (Å²) in [4.78, 5) is 1.16. The van der Waals surface area contributed by atoms with Gasteiger partial charge in [-0.05, 0) is 106 Å². The number of hydrogen-bond acceptors (Lipinski definition) is 1. The molecule has 0 saturated heterocycles. The van der Waals surface area contributed by atoms with E-state index in [0.29, 0.717) is 0 Å². The van der Waals surface area contributed by atoms with Crippen molar-refractivity contribution in [2.45, 2.75) is 17.7 Å². The molecule has 6 aromatic rings. The van der Waals surface area contributed by atoms with Crippen LogP contribution in [-0.4, -0.2) is 0 Å². The molecule has 0 radical (unpaired) electrons. The van der Waals surface area contributed by atoms with Gasteiger partial charge in [0, 0.05) is 4.90 Å². The molecule has 1 aliphatic rings. The molecule has 0 saturated carbocycles. The maximum atomic E-state index is 6.27. The van der Waals surface area contributed by atoms with E-state index in [0.717, 1.165) is 17.7 Å². The maximum absolute atomic E-state index is 6.27. The van der Waals surface area contributed by atoms with Gasteiger partial charge in [0.25, 0.3) is 0 Å². The van der Waals surface area contributed by atoms with Gasteiger partial charge in [-0.25, -0.2) is 0 Å². The Morgan fingerprint density at radius 2 is 1.12 bits per heavy atom. The molecule has 0 spiro atoms. The summed E-state index contributed by atoms with van der Waals surface area (Å²) in [6.45, 7) is 0. The number of hydrogen-bond donors (Lipinski definition) is 0. The number of halogens is 1. The van der Waals surface area contributed by atoms with Crippen LogP contribution in [0.25, 0.3) is 53.9 Å². The molecular weight excluding hydrogens is 356 g/mol. The van der Waals surface area contributed by atoms with Gasteiger partial charge in [-0.15, -0.1) is 0 Å². The standard InChI is InChI=1S/C24H13ClS/c25-26-18-11-16-8-7-14-4-2-12-1-3-13-5-6-15-9-10-17(18)24-22(15)20(13)19(12)21(14)23(16)24/h2,4-11H,1,3H2. The highest BCUT2D eigenvalue weighted by atomic mass is 35.7. The minimum absolute atomic E-state index is 1.13. The third-order valence-electron chi connectivity index (χ3n) is 6.38. The first-order chi connectivity index (χ1) is 12.8. The molecule has 0 heterocycles. The van der Waals surface area contributed by atoms with E-state index in [1.54, 1.807) is 0 Å². The van der Waals surface area contributed by atoms with Crippen LogP contribution in [0.1, 0.15) is 11.1 Å². The highest BCUT2D eigenvalue weighted by molar-refractivity contribution is 8.21. The summed E-state index contributed by atoms with van der Waals surface area (Å²) in [6, 6.07) is 20.6. The topological polar surface area (TPSA) is 0 Å². The summed E-state index contributed by atoms with van der Waals surface area (Å²) in [5.74, 6) is 0. The van der Waals surface area contributed by atoms with E-state index in [2.05, 4.69) is 54.6 Å².